The average molecular weight is 507 g/mol. The van der Waals surface area contributed by atoms with Crippen LogP contribution in [0.25, 0.3) is 0 Å². The second kappa shape index (κ2) is 9.12. The third-order valence-corrected chi connectivity index (χ3v) is 9.53. The van der Waals surface area contributed by atoms with Crippen LogP contribution in [-0.2, 0) is 14.4 Å². The van der Waals surface area contributed by atoms with Gasteiger partial charge in [0, 0.05) is 54.7 Å². The number of thioether (sulfide) groups is 1. The number of fused-ring (bicyclic) bond motifs is 1. The number of β-lactam (4-membered cyclic amide) rings is 1. The normalized spacial score (nSPS) is 31.5. The summed E-state index contributed by atoms with van der Waals surface area (Å²) in [4.78, 5) is 45.2. The predicted molar refractivity (Wildman–Crippen MR) is 131 cm³/mol. The summed E-state index contributed by atoms with van der Waals surface area (Å²) in [5, 5.41) is 36.5. The zero-order valence-electron chi connectivity index (χ0n) is 20.6. The summed E-state index contributed by atoms with van der Waals surface area (Å²) in [6.45, 7) is 9.44. The molecule has 0 spiro atoms. The molecule has 192 valence electrons. The second-order valence-corrected chi connectivity index (χ2v) is 11.4. The highest BCUT2D eigenvalue weighted by molar-refractivity contribution is 8.03. The van der Waals surface area contributed by atoms with E-state index in [4.69, 9.17) is 10.8 Å². The van der Waals surface area contributed by atoms with Crippen molar-refractivity contribution in [1.29, 1.82) is 10.8 Å². The zero-order chi connectivity index (χ0) is 25.8. The molecule has 3 saturated heterocycles. The molecule has 0 aromatic heterocycles. The molecule has 4 rings (SSSR count). The van der Waals surface area contributed by atoms with E-state index in [0.717, 1.165) is 0 Å². The van der Waals surface area contributed by atoms with E-state index in [1.165, 1.54) is 16.7 Å². The van der Waals surface area contributed by atoms with Crippen LogP contribution in [-0.4, -0.2) is 115 Å². The fourth-order valence-corrected chi connectivity index (χ4v) is 7.38. The van der Waals surface area contributed by atoms with Crippen LogP contribution >= 0.6 is 11.8 Å². The lowest BCUT2D eigenvalue weighted by Crippen LogP contribution is -2.57. The Morgan fingerprint density at radius 1 is 1.11 bits per heavy atom. The molecule has 4 aliphatic heterocycles. The van der Waals surface area contributed by atoms with E-state index >= 15 is 0 Å². The van der Waals surface area contributed by atoms with Gasteiger partial charge in [0.2, 0.25) is 11.8 Å². The highest BCUT2D eigenvalue weighted by Gasteiger charge is 2.62. The van der Waals surface area contributed by atoms with Crippen molar-refractivity contribution in [3.05, 3.63) is 10.6 Å². The highest BCUT2D eigenvalue weighted by atomic mass is 32.2. The monoisotopic (exact) mass is 506 g/mol. The molecule has 4 aliphatic rings. The molecule has 11 nitrogen and oxygen atoms in total. The van der Waals surface area contributed by atoms with Crippen molar-refractivity contribution in [2.45, 2.75) is 64.0 Å². The maximum absolute atomic E-state index is 13.4. The SMILES string of the molecule is CC(=N)N1CCN(C(=O)[C@@H]2C[C@H](SC3=C(C(=O)O)N4C(=O)C[C@H]4[C@]3(C)C(C)O)CN2C(C)=N)CC1. The van der Waals surface area contributed by atoms with E-state index in [9.17, 15) is 24.6 Å². The number of likely N-dealkylation sites (tertiary alicyclic amines) is 1. The van der Waals surface area contributed by atoms with Crippen LogP contribution in [0.5, 0.6) is 0 Å². The van der Waals surface area contributed by atoms with Crippen molar-refractivity contribution in [3.8, 4) is 0 Å². The topological polar surface area (TPSA) is 152 Å². The number of hydrogen-bond acceptors (Lipinski definition) is 7. The van der Waals surface area contributed by atoms with Crippen LogP contribution in [0.3, 0.4) is 0 Å². The fraction of sp³-hybridized carbons (Fsp3) is 0.696. The first kappa shape index (κ1) is 25.5. The van der Waals surface area contributed by atoms with E-state index in [2.05, 4.69) is 0 Å². The summed E-state index contributed by atoms with van der Waals surface area (Å²) in [7, 11) is 0. The van der Waals surface area contributed by atoms with Gasteiger partial charge in [0.25, 0.3) is 0 Å². The smallest absolute Gasteiger partial charge is 0.353 e. The average Bonchev–Trinajstić information content (AvgIpc) is 3.30. The van der Waals surface area contributed by atoms with Crippen molar-refractivity contribution in [3.63, 3.8) is 0 Å². The summed E-state index contributed by atoms with van der Waals surface area (Å²) in [6.07, 6.45) is -0.231. The van der Waals surface area contributed by atoms with Gasteiger partial charge in [-0.15, -0.1) is 11.8 Å². The van der Waals surface area contributed by atoms with Gasteiger partial charge in [-0.3, -0.25) is 20.4 Å². The van der Waals surface area contributed by atoms with Crippen LogP contribution in [0.2, 0.25) is 0 Å². The summed E-state index contributed by atoms with van der Waals surface area (Å²) >= 11 is 1.33. The Bertz CT molecular complexity index is 1010. The Morgan fingerprint density at radius 3 is 2.20 bits per heavy atom. The maximum Gasteiger partial charge on any atom is 0.353 e. The van der Waals surface area contributed by atoms with Crippen molar-refractivity contribution < 1.29 is 24.6 Å². The third-order valence-electron chi connectivity index (χ3n) is 7.99. The number of hydrogen-bond donors (Lipinski definition) is 4. The molecule has 12 heteroatoms. The second-order valence-electron chi connectivity index (χ2n) is 10.1. The Balaban J connectivity index is 1.56. The summed E-state index contributed by atoms with van der Waals surface area (Å²) in [5.74, 6) is -0.755. The molecule has 0 radical (unpaired) electrons. The van der Waals surface area contributed by atoms with Crippen LogP contribution in [0.4, 0.5) is 0 Å². The molecule has 4 N–H and O–H groups in total. The summed E-state index contributed by atoms with van der Waals surface area (Å²) in [6, 6.07) is -0.916. The van der Waals surface area contributed by atoms with E-state index in [1.807, 2.05) is 11.8 Å². The Labute approximate surface area is 209 Å². The third kappa shape index (κ3) is 4.10. The standard InChI is InChI=1S/C23H34N6O5S/c1-12(30)23(4)17-10-18(31)29(17)19(22(33)34)20(23)35-15-9-16(28(11-15)14(3)25)21(32)27-7-5-26(6-8-27)13(2)24/h12,15-17,24-25,30H,5-11H2,1-4H3,(H,33,34)/t12?,15-,16-,17-,23-/m0/s1. The number of amides is 2. The summed E-state index contributed by atoms with van der Waals surface area (Å²) < 4.78 is 0. The Hall–Kier alpha value is -2.60. The van der Waals surface area contributed by atoms with E-state index in [1.54, 1.807) is 30.6 Å². The highest BCUT2D eigenvalue weighted by Crippen LogP contribution is 2.57. The van der Waals surface area contributed by atoms with Gasteiger partial charge in [-0.1, -0.05) is 6.92 Å². The number of amidine groups is 2. The molecule has 35 heavy (non-hydrogen) atoms. The maximum atomic E-state index is 13.4. The molecule has 0 aliphatic carbocycles. The van der Waals surface area contributed by atoms with Gasteiger partial charge in [0.1, 0.15) is 11.7 Å². The Morgan fingerprint density at radius 2 is 1.71 bits per heavy atom. The van der Waals surface area contributed by atoms with Crippen molar-refractivity contribution in [2.24, 2.45) is 5.41 Å². The number of rotatable bonds is 5. The fourth-order valence-electron chi connectivity index (χ4n) is 5.67. The van der Waals surface area contributed by atoms with Gasteiger partial charge >= 0.3 is 5.97 Å². The number of nitrogens with zero attached hydrogens (tertiary/aromatic N) is 4. The first-order valence-corrected chi connectivity index (χ1v) is 12.8. The number of carboxylic acid groups (broad SMARTS) is 1. The number of aliphatic hydroxyl groups excluding tert-OH is 1. The van der Waals surface area contributed by atoms with Gasteiger partial charge in [-0.05, 0) is 27.2 Å². The molecule has 3 fully saturated rings. The van der Waals surface area contributed by atoms with Crippen molar-refractivity contribution in [1.82, 2.24) is 19.6 Å². The molecular weight excluding hydrogens is 472 g/mol. The molecule has 0 bridgehead atoms. The molecule has 0 saturated carbocycles. The molecule has 0 aromatic carbocycles. The number of carbonyl (C=O) groups excluding carboxylic acids is 2. The minimum Gasteiger partial charge on any atom is -0.477 e. The zero-order valence-corrected chi connectivity index (χ0v) is 21.4. The minimum atomic E-state index is -1.19. The van der Waals surface area contributed by atoms with Gasteiger partial charge in [-0.2, -0.15) is 0 Å². The number of piperazine rings is 1. The van der Waals surface area contributed by atoms with Gasteiger partial charge < -0.3 is 29.8 Å². The van der Waals surface area contributed by atoms with Crippen LogP contribution < -0.4 is 0 Å². The lowest BCUT2D eigenvalue weighted by Gasteiger charge is -2.45. The number of aliphatic carboxylic acids is 1. The van der Waals surface area contributed by atoms with Crippen molar-refractivity contribution in [2.75, 3.05) is 32.7 Å². The molecule has 0 aromatic rings. The molecule has 4 heterocycles. The van der Waals surface area contributed by atoms with E-state index in [0.29, 0.717) is 49.9 Å². The van der Waals surface area contributed by atoms with E-state index < -0.39 is 29.6 Å². The van der Waals surface area contributed by atoms with Gasteiger partial charge in [0.15, 0.2) is 0 Å². The van der Waals surface area contributed by atoms with Gasteiger partial charge in [0.05, 0.1) is 23.8 Å². The Kier molecular flexibility index (Phi) is 6.64. The lowest BCUT2D eigenvalue weighted by molar-refractivity contribution is -0.152. The van der Waals surface area contributed by atoms with Gasteiger partial charge in [-0.25, -0.2) is 4.79 Å². The minimum absolute atomic E-state index is 0.0573. The largest absolute Gasteiger partial charge is 0.477 e. The number of carbonyl (C=O) groups is 3. The van der Waals surface area contributed by atoms with Crippen LogP contribution in [0, 0.1) is 16.2 Å². The van der Waals surface area contributed by atoms with Crippen LogP contribution in [0.1, 0.15) is 40.5 Å². The molecule has 5 atom stereocenters. The number of aliphatic hydroxyl groups is 1. The number of carboxylic acids is 1. The van der Waals surface area contributed by atoms with E-state index in [-0.39, 0.29) is 35.0 Å². The number of nitrogens with one attached hydrogen (secondary N) is 2. The molecule has 1 unspecified atom stereocenters. The molecule has 2 amide bonds. The first-order chi connectivity index (χ1) is 16.4. The van der Waals surface area contributed by atoms with Crippen molar-refractivity contribution >= 4 is 41.2 Å². The summed E-state index contributed by atoms with van der Waals surface area (Å²) in [5.41, 5.74) is -0.967. The first-order valence-electron chi connectivity index (χ1n) is 11.9. The lowest BCUT2D eigenvalue weighted by atomic mass is 9.74. The molecular formula is C23H34N6O5S. The van der Waals surface area contributed by atoms with Crippen LogP contribution in [0.15, 0.2) is 10.6 Å². The quantitative estimate of drug-likeness (QED) is 0.240. The predicted octanol–water partition coefficient (Wildman–Crippen LogP) is 0.599.